The number of halogens is 2. The lowest BCUT2D eigenvalue weighted by Crippen LogP contribution is -2.27. The van der Waals surface area contributed by atoms with Gasteiger partial charge in [-0.3, -0.25) is 4.79 Å². The second-order valence-electron chi connectivity index (χ2n) is 6.08. The predicted molar refractivity (Wildman–Crippen MR) is 109 cm³/mol. The standard InChI is InChI=1S/C22H19Cl2NO/c23-20-11-10-19(21(24)15-20)12-13-25-22(26)14-16-6-8-18(9-7-16)17-4-2-1-3-5-17/h1-11,15H,12-14H2,(H,25,26). The smallest absolute Gasteiger partial charge is 0.224 e. The van der Waals surface area contributed by atoms with E-state index < -0.39 is 0 Å². The molecule has 3 rings (SSSR count). The lowest BCUT2D eigenvalue weighted by Gasteiger charge is -2.08. The average Bonchev–Trinajstić information content (AvgIpc) is 2.65. The summed E-state index contributed by atoms with van der Waals surface area (Å²) in [6, 6.07) is 23.7. The number of hydrogen-bond acceptors (Lipinski definition) is 1. The lowest BCUT2D eigenvalue weighted by atomic mass is 10.0. The van der Waals surface area contributed by atoms with Crippen LogP contribution < -0.4 is 5.32 Å². The third-order valence-electron chi connectivity index (χ3n) is 4.16. The second-order valence-corrected chi connectivity index (χ2v) is 6.92. The van der Waals surface area contributed by atoms with Gasteiger partial charge < -0.3 is 5.32 Å². The molecule has 26 heavy (non-hydrogen) atoms. The van der Waals surface area contributed by atoms with Gasteiger partial charge in [-0.2, -0.15) is 0 Å². The minimum atomic E-state index is 0.00236. The van der Waals surface area contributed by atoms with Crippen molar-refractivity contribution in [1.82, 2.24) is 5.32 Å². The summed E-state index contributed by atoms with van der Waals surface area (Å²) >= 11 is 12.0. The van der Waals surface area contributed by atoms with E-state index in [1.807, 2.05) is 48.5 Å². The number of hydrogen-bond donors (Lipinski definition) is 1. The normalized spacial score (nSPS) is 10.5. The minimum Gasteiger partial charge on any atom is -0.355 e. The predicted octanol–water partition coefficient (Wildman–Crippen LogP) is 5.56. The Hall–Kier alpha value is -2.29. The van der Waals surface area contributed by atoms with Gasteiger partial charge in [0.2, 0.25) is 5.91 Å². The van der Waals surface area contributed by atoms with Crippen molar-refractivity contribution in [2.75, 3.05) is 6.54 Å². The fraction of sp³-hybridized carbons (Fsp3) is 0.136. The highest BCUT2D eigenvalue weighted by atomic mass is 35.5. The van der Waals surface area contributed by atoms with Gasteiger partial charge in [0.05, 0.1) is 6.42 Å². The molecule has 2 nitrogen and oxygen atoms in total. The van der Waals surface area contributed by atoms with E-state index in [0.29, 0.717) is 29.4 Å². The van der Waals surface area contributed by atoms with Crippen LogP contribution in [0, 0.1) is 0 Å². The first-order valence-corrected chi connectivity index (χ1v) is 9.22. The summed E-state index contributed by atoms with van der Waals surface area (Å²) in [6.07, 6.45) is 1.04. The third-order valence-corrected chi connectivity index (χ3v) is 4.74. The van der Waals surface area contributed by atoms with Gasteiger partial charge in [-0.1, -0.05) is 83.9 Å². The van der Waals surface area contributed by atoms with Gasteiger partial charge in [0.1, 0.15) is 0 Å². The van der Waals surface area contributed by atoms with Crippen LogP contribution in [0.15, 0.2) is 72.8 Å². The number of benzene rings is 3. The third kappa shape index (κ3) is 5.10. The van der Waals surface area contributed by atoms with Crippen LogP contribution >= 0.6 is 23.2 Å². The zero-order valence-corrected chi connectivity index (χ0v) is 15.7. The van der Waals surface area contributed by atoms with Crippen molar-refractivity contribution in [3.05, 3.63) is 94.0 Å². The van der Waals surface area contributed by atoms with Crippen molar-refractivity contribution in [3.63, 3.8) is 0 Å². The van der Waals surface area contributed by atoms with Gasteiger partial charge in [0.15, 0.2) is 0 Å². The van der Waals surface area contributed by atoms with E-state index in [9.17, 15) is 4.79 Å². The van der Waals surface area contributed by atoms with Gasteiger partial charge in [-0.25, -0.2) is 0 Å². The van der Waals surface area contributed by atoms with E-state index in [0.717, 1.165) is 16.7 Å². The zero-order chi connectivity index (χ0) is 18.4. The molecule has 0 aliphatic rings. The highest BCUT2D eigenvalue weighted by molar-refractivity contribution is 6.35. The summed E-state index contributed by atoms with van der Waals surface area (Å²) in [5.74, 6) is 0.00236. The summed E-state index contributed by atoms with van der Waals surface area (Å²) in [5.41, 5.74) is 4.28. The summed E-state index contributed by atoms with van der Waals surface area (Å²) in [4.78, 5) is 12.1. The summed E-state index contributed by atoms with van der Waals surface area (Å²) in [5, 5.41) is 4.18. The van der Waals surface area contributed by atoms with E-state index in [1.165, 1.54) is 5.56 Å². The molecule has 0 bridgehead atoms. The van der Waals surface area contributed by atoms with Crippen LogP contribution in [0.25, 0.3) is 11.1 Å². The number of amides is 1. The van der Waals surface area contributed by atoms with Crippen molar-refractivity contribution in [2.45, 2.75) is 12.8 Å². The van der Waals surface area contributed by atoms with Crippen LogP contribution in [0.2, 0.25) is 10.0 Å². The molecule has 1 N–H and O–H groups in total. The van der Waals surface area contributed by atoms with Gasteiger partial charge in [-0.15, -0.1) is 0 Å². The molecule has 0 saturated carbocycles. The number of nitrogens with one attached hydrogen (secondary N) is 1. The van der Waals surface area contributed by atoms with Crippen molar-refractivity contribution in [2.24, 2.45) is 0 Å². The topological polar surface area (TPSA) is 29.1 Å². The maximum absolute atomic E-state index is 12.1. The van der Waals surface area contributed by atoms with Crippen molar-refractivity contribution >= 4 is 29.1 Å². The molecule has 1 amide bonds. The molecule has 0 saturated heterocycles. The van der Waals surface area contributed by atoms with E-state index >= 15 is 0 Å². The van der Waals surface area contributed by atoms with E-state index in [1.54, 1.807) is 12.1 Å². The Balaban J connectivity index is 1.50. The quantitative estimate of drug-likeness (QED) is 0.592. The first-order chi connectivity index (χ1) is 12.6. The molecule has 4 heteroatoms. The number of carbonyl (C=O) groups is 1. The Morgan fingerprint density at radius 3 is 2.23 bits per heavy atom. The Morgan fingerprint density at radius 1 is 0.846 bits per heavy atom. The Morgan fingerprint density at radius 2 is 1.54 bits per heavy atom. The molecule has 0 aliphatic carbocycles. The molecule has 0 spiro atoms. The van der Waals surface area contributed by atoms with Gasteiger partial charge in [-0.05, 0) is 40.8 Å². The molecule has 132 valence electrons. The fourth-order valence-electron chi connectivity index (χ4n) is 2.75. The molecule has 0 aromatic heterocycles. The number of rotatable bonds is 6. The van der Waals surface area contributed by atoms with Crippen LogP contribution in [0.4, 0.5) is 0 Å². The molecule has 3 aromatic rings. The molecular weight excluding hydrogens is 365 g/mol. The van der Waals surface area contributed by atoms with Crippen LogP contribution in [-0.4, -0.2) is 12.5 Å². The Kier molecular flexibility index (Phi) is 6.32. The summed E-state index contributed by atoms with van der Waals surface area (Å²) in [7, 11) is 0. The van der Waals surface area contributed by atoms with E-state index in [2.05, 4.69) is 17.4 Å². The highest BCUT2D eigenvalue weighted by Crippen LogP contribution is 2.21. The van der Waals surface area contributed by atoms with Crippen LogP contribution in [-0.2, 0) is 17.6 Å². The first-order valence-electron chi connectivity index (χ1n) is 8.47. The number of carbonyl (C=O) groups excluding carboxylic acids is 1. The van der Waals surface area contributed by atoms with Crippen LogP contribution in [0.1, 0.15) is 11.1 Å². The Labute approximate surface area is 163 Å². The molecule has 0 aliphatic heterocycles. The first kappa shape index (κ1) is 18.5. The molecule has 0 atom stereocenters. The Bertz CT molecular complexity index is 876. The molecule has 0 unspecified atom stereocenters. The van der Waals surface area contributed by atoms with Crippen LogP contribution in [0.3, 0.4) is 0 Å². The molecule has 0 heterocycles. The average molecular weight is 384 g/mol. The van der Waals surface area contributed by atoms with E-state index in [-0.39, 0.29) is 5.91 Å². The largest absolute Gasteiger partial charge is 0.355 e. The van der Waals surface area contributed by atoms with Crippen molar-refractivity contribution in [1.29, 1.82) is 0 Å². The van der Waals surface area contributed by atoms with Crippen molar-refractivity contribution in [3.8, 4) is 11.1 Å². The van der Waals surface area contributed by atoms with E-state index in [4.69, 9.17) is 23.2 Å². The summed E-state index contributed by atoms with van der Waals surface area (Å²) in [6.45, 7) is 0.544. The fourth-order valence-corrected chi connectivity index (χ4v) is 3.26. The van der Waals surface area contributed by atoms with Gasteiger partial charge in [0, 0.05) is 16.6 Å². The monoisotopic (exact) mass is 383 g/mol. The maximum Gasteiger partial charge on any atom is 0.224 e. The second kappa shape index (κ2) is 8.88. The van der Waals surface area contributed by atoms with Gasteiger partial charge >= 0.3 is 0 Å². The summed E-state index contributed by atoms with van der Waals surface area (Å²) < 4.78 is 0. The maximum atomic E-state index is 12.1. The van der Waals surface area contributed by atoms with Crippen LogP contribution in [0.5, 0.6) is 0 Å². The zero-order valence-electron chi connectivity index (χ0n) is 14.2. The highest BCUT2D eigenvalue weighted by Gasteiger charge is 2.06. The SMILES string of the molecule is O=C(Cc1ccc(-c2ccccc2)cc1)NCCc1ccc(Cl)cc1Cl. The van der Waals surface area contributed by atoms with Gasteiger partial charge in [0.25, 0.3) is 0 Å². The minimum absolute atomic E-state index is 0.00236. The molecule has 0 radical (unpaired) electrons. The molecule has 0 fully saturated rings. The lowest BCUT2D eigenvalue weighted by molar-refractivity contribution is -0.120. The molecule has 3 aromatic carbocycles. The van der Waals surface area contributed by atoms with Crippen molar-refractivity contribution < 1.29 is 4.79 Å². The molecular formula is C22H19Cl2NO.